The van der Waals surface area contributed by atoms with E-state index in [0.29, 0.717) is 17.9 Å². The van der Waals surface area contributed by atoms with Crippen LogP contribution in [0.1, 0.15) is 38.7 Å². The van der Waals surface area contributed by atoms with E-state index >= 15 is 0 Å². The molecule has 0 aromatic heterocycles. The summed E-state index contributed by atoms with van der Waals surface area (Å²) in [4.78, 5) is 0. The van der Waals surface area contributed by atoms with Crippen LogP contribution in [0.5, 0.6) is 0 Å². The molecule has 0 saturated heterocycles. The number of hydrogen-bond acceptors (Lipinski definition) is 1. The summed E-state index contributed by atoms with van der Waals surface area (Å²) in [6.07, 6.45) is 4.47. The molecule has 1 saturated carbocycles. The molecule has 2 unspecified atom stereocenters. The summed E-state index contributed by atoms with van der Waals surface area (Å²) in [7, 11) is 0. The van der Waals surface area contributed by atoms with Crippen molar-refractivity contribution in [2.45, 2.75) is 45.8 Å². The lowest BCUT2D eigenvalue weighted by molar-refractivity contribution is -0.0471. The summed E-state index contributed by atoms with van der Waals surface area (Å²) in [5.41, 5.74) is 1.28. The van der Waals surface area contributed by atoms with E-state index in [2.05, 4.69) is 44.2 Å². The van der Waals surface area contributed by atoms with Gasteiger partial charge in [0, 0.05) is 0 Å². The normalized spacial score (nSPS) is 30.2. The first-order chi connectivity index (χ1) is 7.77. The van der Waals surface area contributed by atoms with E-state index in [4.69, 9.17) is 4.74 Å². The molecule has 1 aliphatic carbocycles. The van der Waals surface area contributed by atoms with Crippen LogP contribution < -0.4 is 0 Å². The van der Waals surface area contributed by atoms with Crippen molar-refractivity contribution in [2.24, 2.45) is 11.8 Å². The van der Waals surface area contributed by atoms with Crippen LogP contribution in [0.3, 0.4) is 0 Å². The molecule has 0 amide bonds. The van der Waals surface area contributed by atoms with Gasteiger partial charge in [0.05, 0.1) is 12.7 Å². The van der Waals surface area contributed by atoms with Gasteiger partial charge in [0.15, 0.2) is 0 Å². The second-order valence-corrected chi connectivity index (χ2v) is 5.15. The average Bonchev–Trinajstić information content (AvgIpc) is 2.30. The van der Waals surface area contributed by atoms with Crippen molar-refractivity contribution >= 4 is 0 Å². The lowest BCUT2D eigenvalue weighted by Crippen LogP contribution is -2.32. The van der Waals surface area contributed by atoms with Crippen molar-refractivity contribution in [3.63, 3.8) is 0 Å². The van der Waals surface area contributed by atoms with Gasteiger partial charge in [-0.25, -0.2) is 0 Å². The van der Waals surface area contributed by atoms with Crippen LogP contribution in [0.15, 0.2) is 30.3 Å². The Hall–Kier alpha value is -0.820. The number of ether oxygens (including phenoxy) is 1. The number of rotatable bonds is 3. The molecule has 0 aliphatic heterocycles. The van der Waals surface area contributed by atoms with Crippen molar-refractivity contribution in [1.29, 1.82) is 0 Å². The van der Waals surface area contributed by atoms with Crippen LogP contribution in [0.25, 0.3) is 0 Å². The third-order valence-electron chi connectivity index (χ3n) is 3.73. The van der Waals surface area contributed by atoms with Crippen LogP contribution >= 0.6 is 0 Å². The summed E-state index contributed by atoms with van der Waals surface area (Å²) in [6, 6.07) is 10.5. The Labute approximate surface area is 98.8 Å². The summed E-state index contributed by atoms with van der Waals surface area (Å²) in [6.45, 7) is 5.41. The molecular weight excluding hydrogens is 196 g/mol. The Kier molecular flexibility index (Phi) is 4.00. The van der Waals surface area contributed by atoms with Gasteiger partial charge < -0.3 is 4.74 Å². The van der Waals surface area contributed by atoms with E-state index in [9.17, 15) is 0 Å². The van der Waals surface area contributed by atoms with E-state index in [1.807, 2.05) is 0 Å². The minimum absolute atomic E-state index is 0.453. The summed E-state index contributed by atoms with van der Waals surface area (Å²) >= 11 is 0. The van der Waals surface area contributed by atoms with Gasteiger partial charge >= 0.3 is 0 Å². The smallest absolute Gasteiger partial charge is 0.0720 e. The fourth-order valence-corrected chi connectivity index (χ4v) is 2.75. The predicted octanol–water partition coefficient (Wildman–Crippen LogP) is 4.03. The zero-order valence-electron chi connectivity index (χ0n) is 10.4. The first-order valence-electron chi connectivity index (χ1n) is 6.43. The van der Waals surface area contributed by atoms with Gasteiger partial charge in [0.1, 0.15) is 0 Å². The van der Waals surface area contributed by atoms with Crippen molar-refractivity contribution in [3.05, 3.63) is 35.9 Å². The third-order valence-corrected chi connectivity index (χ3v) is 3.73. The van der Waals surface area contributed by atoms with Gasteiger partial charge in [-0.3, -0.25) is 0 Å². The Morgan fingerprint density at radius 2 is 1.69 bits per heavy atom. The fraction of sp³-hybridized carbons (Fsp3) is 0.600. The molecule has 16 heavy (non-hydrogen) atoms. The van der Waals surface area contributed by atoms with Crippen molar-refractivity contribution in [3.8, 4) is 0 Å². The van der Waals surface area contributed by atoms with Gasteiger partial charge in [-0.15, -0.1) is 0 Å². The molecule has 2 atom stereocenters. The molecule has 1 aromatic rings. The highest BCUT2D eigenvalue weighted by Gasteiger charge is 2.28. The maximum atomic E-state index is 6.09. The van der Waals surface area contributed by atoms with Gasteiger partial charge in [0.25, 0.3) is 0 Å². The van der Waals surface area contributed by atoms with Crippen LogP contribution in [0, 0.1) is 11.8 Å². The van der Waals surface area contributed by atoms with E-state index in [0.717, 1.165) is 6.61 Å². The van der Waals surface area contributed by atoms with Crippen LogP contribution in [-0.2, 0) is 11.3 Å². The van der Waals surface area contributed by atoms with E-state index in [1.54, 1.807) is 0 Å². The highest BCUT2D eigenvalue weighted by molar-refractivity contribution is 5.13. The van der Waals surface area contributed by atoms with Crippen molar-refractivity contribution in [2.75, 3.05) is 0 Å². The SMILES string of the molecule is CC1CCCC(C)C1OCc1ccccc1. The van der Waals surface area contributed by atoms with Gasteiger partial charge in [-0.2, -0.15) is 0 Å². The maximum Gasteiger partial charge on any atom is 0.0720 e. The lowest BCUT2D eigenvalue weighted by Gasteiger charge is -2.34. The molecule has 0 N–H and O–H groups in total. The van der Waals surface area contributed by atoms with E-state index in [1.165, 1.54) is 24.8 Å². The lowest BCUT2D eigenvalue weighted by atomic mass is 9.80. The Bertz CT molecular complexity index is 296. The van der Waals surface area contributed by atoms with E-state index in [-0.39, 0.29) is 0 Å². The molecule has 88 valence electrons. The topological polar surface area (TPSA) is 9.23 Å². The Morgan fingerprint density at radius 3 is 2.31 bits per heavy atom. The zero-order chi connectivity index (χ0) is 11.4. The Morgan fingerprint density at radius 1 is 1.06 bits per heavy atom. The summed E-state index contributed by atoms with van der Waals surface area (Å²) in [5, 5.41) is 0. The zero-order valence-corrected chi connectivity index (χ0v) is 10.4. The molecule has 0 radical (unpaired) electrons. The molecule has 0 bridgehead atoms. The van der Waals surface area contributed by atoms with Gasteiger partial charge in [0.2, 0.25) is 0 Å². The highest BCUT2D eigenvalue weighted by Crippen LogP contribution is 2.31. The molecule has 2 rings (SSSR count). The fourth-order valence-electron chi connectivity index (χ4n) is 2.75. The van der Waals surface area contributed by atoms with Crippen molar-refractivity contribution in [1.82, 2.24) is 0 Å². The minimum atomic E-state index is 0.453. The summed E-state index contributed by atoms with van der Waals surface area (Å²) < 4.78 is 6.09. The molecule has 1 fully saturated rings. The Balaban J connectivity index is 1.89. The van der Waals surface area contributed by atoms with Crippen LogP contribution in [0.2, 0.25) is 0 Å². The second kappa shape index (κ2) is 5.49. The summed E-state index contributed by atoms with van der Waals surface area (Å²) in [5.74, 6) is 1.43. The molecule has 0 heterocycles. The standard InChI is InChI=1S/C15H22O/c1-12-7-6-8-13(2)15(12)16-11-14-9-4-3-5-10-14/h3-5,9-10,12-13,15H,6-8,11H2,1-2H3. The number of hydrogen-bond donors (Lipinski definition) is 0. The average molecular weight is 218 g/mol. The predicted molar refractivity (Wildman–Crippen MR) is 67.2 cm³/mol. The molecule has 1 heteroatoms. The quantitative estimate of drug-likeness (QED) is 0.744. The maximum absolute atomic E-state index is 6.09. The van der Waals surface area contributed by atoms with Gasteiger partial charge in [-0.1, -0.05) is 50.6 Å². The van der Waals surface area contributed by atoms with Crippen LogP contribution in [-0.4, -0.2) is 6.10 Å². The molecule has 0 spiro atoms. The molecular formula is C15H22O. The third kappa shape index (κ3) is 2.85. The van der Waals surface area contributed by atoms with Gasteiger partial charge in [-0.05, 0) is 30.2 Å². The highest BCUT2D eigenvalue weighted by atomic mass is 16.5. The number of benzene rings is 1. The second-order valence-electron chi connectivity index (χ2n) is 5.15. The minimum Gasteiger partial charge on any atom is -0.373 e. The van der Waals surface area contributed by atoms with E-state index < -0.39 is 0 Å². The first-order valence-corrected chi connectivity index (χ1v) is 6.43. The van der Waals surface area contributed by atoms with Crippen LogP contribution in [0.4, 0.5) is 0 Å². The van der Waals surface area contributed by atoms with Crippen molar-refractivity contribution < 1.29 is 4.74 Å². The first kappa shape index (κ1) is 11.7. The molecule has 1 aromatic carbocycles. The monoisotopic (exact) mass is 218 g/mol. The largest absolute Gasteiger partial charge is 0.373 e. The molecule has 1 nitrogen and oxygen atoms in total. The molecule has 1 aliphatic rings.